The molecule has 1 N–H and O–H groups in total. The molecule has 2 aromatic rings. The number of carbonyl (C=O) groups is 1. The molecule has 0 unspecified atom stereocenters. The fourth-order valence-corrected chi connectivity index (χ4v) is 2.84. The highest BCUT2D eigenvalue weighted by atomic mass is 32.2. The third-order valence-electron chi connectivity index (χ3n) is 2.12. The van der Waals surface area contributed by atoms with Gasteiger partial charge in [0.2, 0.25) is 5.91 Å². The molecule has 0 radical (unpaired) electrons. The maximum Gasteiger partial charge on any atom is 0.237 e. The zero-order valence-corrected chi connectivity index (χ0v) is 11.1. The molecule has 7 heteroatoms. The average Bonchev–Trinajstić information content (AvgIpc) is 2.84. The Morgan fingerprint density at radius 2 is 2.28 bits per heavy atom. The lowest BCUT2D eigenvalue weighted by Gasteiger charge is -2.10. The number of halogens is 1. The van der Waals surface area contributed by atoms with Gasteiger partial charge in [-0.1, -0.05) is 35.2 Å². The second kappa shape index (κ2) is 5.92. The Bertz CT molecular complexity index is 533. The van der Waals surface area contributed by atoms with Crippen LogP contribution in [0.4, 0.5) is 10.1 Å². The van der Waals surface area contributed by atoms with E-state index in [1.807, 2.05) is 0 Å². The highest BCUT2D eigenvalue weighted by Gasteiger charge is 2.17. The van der Waals surface area contributed by atoms with E-state index in [2.05, 4.69) is 15.5 Å². The lowest BCUT2D eigenvalue weighted by atomic mass is 10.3. The smallest absolute Gasteiger partial charge is 0.237 e. The van der Waals surface area contributed by atoms with Crippen LogP contribution in [0.2, 0.25) is 0 Å². The van der Waals surface area contributed by atoms with Crippen LogP contribution in [0, 0.1) is 5.82 Å². The van der Waals surface area contributed by atoms with Crippen LogP contribution in [-0.4, -0.2) is 21.4 Å². The van der Waals surface area contributed by atoms with Gasteiger partial charge in [0, 0.05) is 0 Å². The SMILES string of the molecule is C[C@@H](Sc1nncs1)C(=O)Nc1ccccc1F. The first-order valence-electron chi connectivity index (χ1n) is 5.15. The molecular weight excluding hydrogens is 273 g/mol. The number of anilines is 1. The van der Waals surface area contributed by atoms with Gasteiger partial charge in [0.25, 0.3) is 0 Å². The first kappa shape index (κ1) is 13.0. The van der Waals surface area contributed by atoms with E-state index in [9.17, 15) is 9.18 Å². The minimum absolute atomic E-state index is 0.187. The average molecular weight is 283 g/mol. The van der Waals surface area contributed by atoms with Gasteiger partial charge in [-0.2, -0.15) is 0 Å². The van der Waals surface area contributed by atoms with Gasteiger partial charge in [-0.3, -0.25) is 4.79 Å². The first-order valence-corrected chi connectivity index (χ1v) is 6.91. The van der Waals surface area contributed by atoms with Crippen molar-refractivity contribution < 1.29 is 9.18 Å². The summed E-state index contributed by atoms with van der Waals surface area (Å²) in [6.07, 6.45) is 0. The van der Waals surface area contributed by atoms with Crippen molar-refractivity contribution in [1.82, 2.24) is 10.2 Å². The second-order valence-electron chi connectivity index (χ2n) is 3.43. The Hall–Kier alpha value is -1.47. The number of nitrogens with zero attached hydrogens (tertiary/aromatic N) is 2. The number of thioether (sulfide) groups is 1. The molecule has 1 amide bonds. The van der Waals surface area contributed by atoms with Gasteiger partial charge < -0.3 is 5.32 Å². The number of hydrogen-bond donors (Lipinski definition) is 1. The molecular formula is C11H10FN3OS2. The number of amides is 1. The van der Waals surface area contributed by atoms with E-state index >= 15 is 0 Å². The maximum atomic E-state index is 13.3. The Kier molecular flexibility index (Phi) is 4.27. The van der Waals surface area contributed by atoms with E-state index in [-0.39, 0.29) is 16.8 Å². The van der Waals surface area contributed by atoms with Crippen molar-refractivity contribution in [2.45, 2.75) is 16.5 Å². The lowest BCUT2D eigenvalue weighted by molar-refractivity contribution is -0.115. The predicted octanol–water partition coefficient (Wildman–Crippen LogP) is 2.80. The molecule has 0 fully saturated rings. The van der Waals surface area contributed by atoms with Crippen molar-refractivity contribution in [1.29, 1.82) is 0 Å². The van der Waals surface area contributed by atoms with Crippen molar-refractivity contribution in [2.75, 3.05) is 5.32 Å². The normalized spacial score (nSPS) is 12.1. The van der Waals surface area contributed by atoms with Gasteiger partial charge in [-0.25, -0.2) is 4.39 Å². The maximum absolute atomic E-state index is 13.3. The molecule has 0 saturated heterocycles. The molecule has 0 aliphatic heterocycles. The molecule has 0 spiro atoms. The Morgan fingerprint density at radius 1 is 1.50 bits per heavy atom. The van der Waals surface area contributed by atoms with Crippen LogP contribution >= 0.6 is 23.1 Å². The van der Waals surface area contributed by atoms with Crippen LogP contribution in [0.1, 0.15) is 6.92 Å². The molecule has 94 valence electrons. The minimum Gasteiger partial charge on any atom is -0.323 e. The van der Waals surface area contributed by atoms with E-state index in [4.69, 9.17) is 0 Å². The van der Waals surface area contributed by atoms with E-state index in [0.717, 1.165) is 0 Å². The Labute approximate surface area is 112 Å². The summed E-state index contributed by atoms with van der Waals surface area (Å²) in [4.78, 5) is 11.8. The number of rotatable bonds is 4. The molecule has 0 bridgehead atoms. The monoisotopic (exact) mass is 283 g/mol. The zero-order valence-electron chi connectivity index (χ0n) is 9.46. The molecule has 18 heavy (non-hydrogen) atoms. The van der Waals surface area contributed by atoms with Crippen LogP contribution in [-0.2, 0) is 4.79 Å². The fraction of sp³-hybridized carbons (Fsp3) is 0.182. The lowest BCUT2D eigenvalue weighted by Crippen LogP contribution is -2.22. The van der Waals surface area contributed by atoms with Gasteiger partial charge >= 0.3 is 0 Å². The molecule has 1 aromatic heterocycles. The van der Waals surface area contributed by atoms with Crippen molar-refractivity contribution in [3.8, 4) is 0 Å². The standard InChI is InChI=1S/C11H10FN3OS2/c1-7(18-11-15-13-6-17-11)10(16)14-9-5-3-2-4-8(9)12/h2-7H,1H3,(H,14,16)/t7-/m1/s1. The van der Waals surface area contributed by atoms with Crippen LogP contribution in [0.5, 0.6) is 0 Å². The largest absolute Gasteiger partial charge is 0.323 e. The number of aromatic nitrogens is 2. The number of nitrogens with one attached hydrogen (secondary N) is 1. The van der Waals surface area contributed by atoms with Crippen LogP contribution in [0.15, 0.2) is 34.1 Å². The molecule has 1 aromatic carbocycles. The number of carbonyl (C=O) groups excluding carboxylic acids is 1. The summed E-state index contributed by atoms with van der Waals surface area (Å²) in [6, 6.07) is 6.07. The van der Waals surface area contributed by atoms with E-state index in [1.165, 1.54) is 35.2 Å². The number of para-hydroxylation sites is 1. The molecule has 0 saturated carbocycles. The number of hydrogen-bond acceptors (Lipinski definition) is 5. The Balaban J connectivity index is 1.98. The highest BCUT2D eigenvalue weighted by molar-refractivity contribution is 8.02. The number of benzene rings is 1. The van der Waals surface area contributed by atoms with Gasteiger partial charge in [-0.05, 0) is 19.1 Å². The predicted molar refractivity (Wildman–Crippen MR) is 70.3 cm³/mol. The molecule has 0 aliphatic carbocycles. The first-order chi connectivity index (χ1) is 8.66. The van der Waals surface area contributed by atoms with Gasteiger partial charge in [0.1, 0.15) is 11.3 Å². The molecule has 1 atom stereocenters. The quantitative estimate of drug-likeness (QED) is 0.877. The fourth-order valence-electron chi connectivity index (χ4n) is 1.22. The van der Waals surface area contributed by atoms with Gasteiger partial charge in [-0.15, -0.1) is 10.2 Å². The molecule has 0 aliphatic rings. The van der Waals surface area contributed by atoms with Crippen LogP contribution in [0.3, 0.4) is 0 Å². The van der Waals surface area contributed by atoms with E-state index in [0.29, 0.717) is 4.34 Å². The van der Waals surface area contributed by atoms with Gasteiger partial charge in [0.15, 0.2) is 4.34 Å². The van der Waals surface area contributed by atoms with Crippen molar-refractivity contribution in [2.24, 2.45) is 0 Å². The van der Waals surface area contributed by atoms with Crippen LogP contribution < -0.4 is 5.32 Å². The summed E-state index contributed by atoms with van der Waals surface area (Å²) in [5.41, 5.74) is 1.79. The topological polar surface area (TPSA) is 54.9 Å². The van der Waals surface area contributed by atoms with E-state index in [1.54, 1.807) is 24.6 Å². The van der Waals surface area contributed by atoms with Crippen molar-refractivity contribution in [3.63, 3.8) is 0 Å². The zero-order chi connectivity index (χ0) is 13.0. The van der Waals surface area contributed by atoms with E-state index < -0.39 is 5.82 Å². The summed E-state index contributed by atoms with van der Waals surface area (Å²) >= 11 is 2.66. The third-order valence-corrected chi connectivity index (χ3v) is 4.03. The molecule has 1 heterocycles. The van der Waals surface area contributed by atoms with Gasteiger partial charge in [0.05, 0.1) is 10.9 Å². The second-order valence-corrected chi connectivity index (χ2v) is 5.85. The Morgan fingerprint density at radius 3 is 2.94 bits per heavy atom. The summed E-state index contributed by atoms with van der Waals surface area (Å²) in [5, 5.41) is 9.71. The minimum atomic E-state index is -0.445. The van der Waals surface area contributed by atoms with Crippen molar-refractivity contribution >= 4 is 34.7 Å². The molecule has 4 nitrogen and oxygen atoms in total. The third kappa shape index (κ3) is 3.27. The summed E-state index contributed by atoms with van der Waals surface area (Å²) in [6.45, 7) is 1.74. The highest BCUT2D eigenvalue weighted by Crippen LogP contribution is 2.25. The molecule has 2 rings (SSSR count). The van der Waals surface area contributed by atoms with Crippen molar-refractivity contribution in [3.05, 3.63) is 35.6 Å². The summed E-state index contributed by atoms with van der Waals surface area (Å²) in [5.74, 6) is -0.709. The summed E-state index contributed by atoms with van der Waals surface area (Å²) in [7, 11) is 0. The summed E-state index contributed by atoms with van der Waals surface area (Å²) < 4.78 is 14.1. The van der Waals surface area contributed by atoms with Crippen LogP contribution in [0.25, 0.3) is 0 Å².